The van der Waals surface area contributed by atoms with Crippen LogP contribution < -0.4 is 5.32 Å². The summed E-state index contributed by atoms with van der Waals surface area (Å²) in [5, 5.41) is 2.94. The van der Waals surface area contributed by atoms with Gasteiger partial charge in [-0.25, -0.2) is 9.97 Å². The van der Waals surface area contributed by atoms with Crippen LogP contribution >= 0.6 is 15.9 Å². The zero-order chi connectivity index (χ0) is 8.97. The molecule has 0 amide bonds. The summed E-state index contributed by atoms with van der Waals surface area (Å²) in [5.41, 5.74) is 0. The van der Waals surface area contributed by atoms with Crippen molar-refractivity contribution in [3.8, 4) is 12.3 Å². The minimum atomic E-state index is -0.0498. The topological polar surface area (TPSA) is 37.8 Å². The van der Waals surface area contributed by atoms with Gasteiger partial charge in [0.1, 0.15) is 0 Å². The molecule has 0 fully saturated rings. The molecule has 62 valence electrons. The maximum absolute atomic E-state index is 5.17. The lowest BCUT2D eigenvalue weighted by Gasteiger charge is -2.05. The van der Waals surface area contributed by atoms with Gasteiger partial charge in [0.25, 0.3) is 0 Å². The molecule has 0 aliphatic heterocycles. The molecule has 0 aromatic carbocycles. The fourth-order valence-electron chi connectivity index (χ4n) is 0.622. The monoisotopic (exact) mass is 225 g/mol. The molecule has 1 unspecified atom stereocenters. The molecule has 1 aromatic heterocycles. The fraction of sp³-hybridized carbons (Fsp3) is 0.250. The number of anilines is 1. The number of hydrogen-bond donors (Lipinski definition) is 1. The summed E-state index contributed by atoms with van der Waals surface area (Å²) in [6, 6.07) is -0.0498. The Kier molecular flexibility index (Phi) is 3.06. The van der Waals surface area contributed by atoms with Crippen LogP contribution in [0.1, 0.15) is 6.92 Å². The summed E-state index contributed by atoms with van der Waals surface area (Å²) in [6.45, 7) is 1.87. The van der Waals surface area contributed by atoms with E-state index in [4.69, 9.17) is 6.42 Å². The van der Waals surface area contributed by atoms with Crippen LogP contribution in [-0.4, -0.2) is 16.0 Å². The Hall–Kier alpha value is -1.08. The summed E-state index contributed by atoms with van der Waals surface area (Å²) < 4.78 is 0.849. The first kappa shape index (κ1) is 9.01. The minimum Gasteiger partial charge on any atom is -0.341 e. The van der Waals surface area contributed by atoms with E-state index in [1.165, 1.54) is 0 Å². The molecule has 0 bridgehead atoms. The average Bonchev–Trinajstić information content (AvgIpc) is 2.09. The van der Waals surface area contributed by atoms with E-state index in [0.717, 1.165) is 4.47 Å². The van der Waals surface area contributed by atoms with Crippen molar-refractivity contribution in [1.29, 1.82) is 0 Å². The van der Waals surface area contributed by atoms with Crippen molar-refractivity contribution in [1.82, 2.24) is 9.97 Å². The van der Waals surface area contributed by atoms with Crippen LogP contribution in [0, 0.1) is 12.3 Å². The predicted molar refractivity (Wildman–Crippen MR) is 51.6 cm³/mol. The Morgan fingerprint density at radius 1 is 1.58 bits per heavy atom. The Morgan fingerprint density at radius 3 is 2.67 bits per heavy atom. The van der Waals surface area contributed by atoms with Crippen LogP contribution in [0.25, 0.3) is 0 Å². The molecule has 0 spiro atoms. The van der Waals surface area contributed by atoms with Crippen molar-refractivity contribution < 1.29 is 0 Å². The van der Waals surface area contributed by atoms with Gasteiger partial charge in [0.2, 0.25) is 5.95 Å². The largest absolute Gasteiger partial charge is 0.341 e. The summed E-state index contributed by atoms with van der Waals surface area (Å²) >= 11 is 3.24. The predicted octanol–water partition coefficient (Wildman–Crippen LogP) is 1.67. The SMILES string of the molecule is C#CC(C)Nc1ncc(Br)cn1. The van der Waals surface area contributed by atoms with E-state index in [9.17, 15) is 0 Å². The van der Waals surface area contributed by atoms with Crippen LogP contribution in [0.2, 0.25) is 0 Å². The first-order valence-electron chi connectivity index (χ1n) is 3.42. The van der Waals surface area contributed by atoms with Crippen molar-refractivity contribution >= 4 is 21.9 Å². The first-order chi connectivity index (χ1) is 5.72. The third-order valence-corrected chi connectivity index (χ3v) is 1.63. The fourth-order valence-corrected chi connectivity index (χ4v) is 0.827. The molecule has 1 heterocycles. The molecule has 0 radical (unpaired) electrons. The quantitative estimate of drug-likeness (QED) is 0.779. The lowest BCUT2D eigenvalue weighted by Crippen LogP contribution is -2.14. The van der Waals surface area contributed by atoms with Gasteiger partial charge in [-0.15, -0.1) is 6.42 Å². The molecule has 0 saturated carbocycles. The Morgan fingerprint density at radius 2 is 2.17 bits per heavy atom. The second kappa shape index (κ2) is 4.07. The normalized spacial score (nSPS) is 11.8. The van der Waals surface area contributed by atoms with E-state index < -0.39 is 0 Å². The van der Waals surface area contributed by atoms with E-state index in [1.807, 2.05) is 6.92 Å². The van der Waals surface area contributed by atoms with Gasteiger partial charge in [0.05, 0.1) is 10.5 Å². The van der Waals surface area contributed by atoms with Gasteiger partial charge in [-0.05, 0) is 22.9 Å². The lowest BCUT2D eigenvalue weighted by molar-refractivity contribution is 0.980. The number of halogens is 1. The van der Waals surface area contributed by atoms with E-state index in [1.54, 1.807) is 12.4 Å². The highest BCUT2D eigenvalue weighted by Crippen LogP contribution is 2.07. The van der Waals surface area contributed by atoms with Gasteiger partial charge in [-0.3, -0.25) is 0 Å². The summed E-state index contributed by atoms with van der Waals surface area (Å²) in [5.74, 6) is 3.07. The van der Waals surface area contributed by atoms with Gasteiger partial charge < -0.3 is 5.32 Å². The third-order valence-electron chi connectivity index (χ3n) is 1.22. The average molecular weight is 226 g/mol. The first-order valence-corrected chi connectivity index (χ1v) is 4.22. The highest BCUT2D eigenvalue weighted by molar-refractivity contribution is 9.10. The van der Waals surface area contributed by atoms with Gasteiger partial charge >= 0.3 is 0 Å². The highest BCUT2D eigenvalue weighted by Gasteiger charge is 1.98. The van der Waals surface area contributed by atoms with E-state index in [-0.39, 0.29) is 6.04 Å². The Labute approximate surface area is 79.7 Å². The standard InChI is InChI=1S/C8H8BrN3/c1-3-6(2)12-8-10-4-7(9)5-11-8/h1,4-6H,2H3,(H,10,11,12). The second-order valence-corrected chi connectivity index (χ2v) is 3.17. The van der Waals surface area contributed by atoms with Crippen LogP contribution in [-0.2, 0) is 0 Å². The van der Waals surface area contributed by atoms with Crippen molar-refractivity contribution in [2.45, 2.75) is 13.0 Å². The summed E-state index contributed by atoms with van der Waals surface area (Å²) in [6.07, 6.45) is 8.50. The van der Waals surface area contributed by atoms with E-state index in [0.29, 0.717) is 5.95 Å². The van der Waals surface area contributed by atoms with Gasteiger partial charge in [-0.2, -0.15) is 0 Å². The highest BCUT2D eigenvalue weighted by atomic mass is 79.9. The van der Waals surface area contributed by atoms with Crippen LogP contribution in [0.3, 0.4) is 0 Å². The van der Waals surface area contributed by atoms with Gasteiger partial charge in [0, 0.05) is 12.4 Å². The number of aromatic nitrogens is 2. The third kappa shape index (κ3) is 2.51. The zero-order valence-corrected chi connectivity index (χ0v) is 8.17. The smallest absolute Gasteiger partial charge is 0.223 e. The molecular formula is C8H8BrN3. The number of nitrogens with one attached hydrogen (secondary N) is 1. The van der Waals surface area contributed by atoms with Crippen LogP contribution in [0.4, 0.5) is 5.95 Å². The molecule has 12 heavy (non-hydrogen) atoms. The Bertz CT molecular complexity index is 288. The molecule has 1 N–H and O–H groups in total. The van der Waals surface area contributed by atoms with E-state index >= 15 is 0 Å². The summed E-state index contributed by atoms with van der Waals surface area (Å²) in [7, 11) is 0. The van der Waals surface area contributed by atoms with Gasteiger partial charge in [-0.1, -0.05) is 5.92 Å². The van der Waals surface area contributed by atoms with Crippen molar-refractivity contribution in [3.63, 3.8) is 0 Å². The molecule has 3 nitrogen and oxygen atoms in total. The lowest BCUT2D eigenvalue weighted by atomic mass is 10.4. The minimum absolute atomic E-state index is 0.0498. The van der Waals surface area contributed by atoms with Crippen LogP contribution in [0.5, 0.6) is 0 Å². The van der Waals surface area contributed by atoms with Crippen molar-refractivity contribution in [2.24, 2.45) is 0 Å². The molecule has 4 heteroatoms. The molecule has 1 aromatic rings. The van der Waals surface area contributed by atoms with Crippen LogP contribution in [0.15, 0.2) is 16.9 Å². The number of rotatable bonds is 2. The second-order valence-electron chi connectivity index (χ2n) is 2.26. The number of nitrogens with zero attached hydrogens (tertiary/aromatic N) is 2. The molecule has 0 aliphatic rings. The van der Waals surface area contributed by atoms with E-state index in [2.05, 4.69) is 37.1 Å². The van der Waals surface area contributed by atoms with Crippen molar-refractivity contribution in [3.05, 3.63) is 16.9 Å². The number of hydrogen-bond acceptors (Lipinski definition) is 3. The van der Waals surface area contributed by atoms with Gasteiger partial charge in [0.15, 0.2) is 0 Å². The van der Waals surface area contributed by atoms with Crippen molar-refractivity contribution in [2.75, 3.05) is 5.32 Å². The zero-order valence-electron chi connectivity index (χ0n) is 6.58. The molecule has 1 rings (SSSR count). The summed E-state index contributed by atoms with van der Waals surface area (Å²) in [4.78, 5) is 8.00. The Balaban J connectivity index is 2.66. The molecule has 0 aliphatic carbocycles. The maximum Gasteiger partial charge on any atom is 0.223 e. The number of terminal acetylenes is 1. The maximum atomic E-state index is 5.17. The molecule has 0 saturated heterocycles. The molecular weight excluding hydrogens is 218 g/mol. The molecule has 1 atom stereocenters.